The van der Waals surface area contributed by atoms with Gasteiger partial charge in [0.15, 0.2) is 9.84 Å². The number of carboxylic acid groups (broad SMARTS) is 1. The van der Waals surface area contributed by atoms with E-state index in [1.54, 1.807) is 0 Å². The van der Waals surface area contributed by atoms with E-state index >= 15 is 0 Å². The molecule has 0 fully saturated rings. The van der Waals surface area contributed by atoms with Gasteiger partial charge in [0.2, 0.25) is 0 Å². The molecule has 2 N–H and O–H groups in total. The molecule has 0 saturated heterocycles. The molecular formula is C11H8ClFN2O4S. The van der Waals surface area contributed by atoms with Crippen molar-refractivity contribution in [2.75, 3.05) is 6.26 Å². The lowest BCUT2D eigenvalue weighted by molar-refractivity contribution is 0.0690. The first kappa shape index (κ1) is 14.5. The Hall–Kier alpha value is -1.93. The van der Waals surface area contributed by atoms with Gasteiger partial charge in [-0.2, -0.15) is 5.10 Å². The van der Waals surface area contributed by atoms with Gasteiger partial charge in [-0.25, -0.2) is 17.6 Å². The highest BCUT2D eigenvalue weighted by atomic mass is 35.5. The maximum atomic E-state index is 13.8. The van der Waals surface area contributed by atoms with Gasteiger partial charge in [0.25, 0.3) is 0 Å². The Balaban J connectivity index is 2.57. The fourth-order valence-electron chi connectivity index (χ4n) is 1.64. The predicted octanol–water partition coefficient (Wildman–Crippen LogP) is 1.97. The first-order chi connectivity index (χ1) is 9.20. The van der Waals surface area contributed by atoms with Crippen LogP contribution in [0.15, 0.2) is 23.1 Å². The van der Waals surface area contributed by atoms with E-state index in [1.165, 1.54) is 12.1 Å². The van der Waals surface area contributed by atoms with Crippen molar-refractivity contribution < 1.29 is 22.7 Å². The summed E-state index contributed by atoms with van der Waals surface area (Å²) in [4.78, 5) is 10.1. The van der Waals surface area contributed by atoms with E-state index in [-0.39, 0.29) is 22.0 Å². The second-order valence-electron chi connectivity index (χ2n) is 4.01. The van der Waals surface area contributed by atoms with Crippen LogP contribution in [-0.4, -0.2) is 35.9 Å². The van der Waals surface area contributed by atoms with E-state index in [4.69, 9.17) is 16.7 Å². The van der Waals surface area contributed by atoms with E-state index in [9.17, 15) is 17.6 Å². The number of aromatic carboxylic acids is 1. The number of hydrogen-bond acceptors (Lipinski definition) is 4. The molecule has 2 rings (SSSR count). The highest BCUT2D eigenvalue weighted by molar-refractivity contribution is 7.90. The molecular weight excluding hydrogens is 311 g/mol. The molecule has 1 heterocycles. The number of sulfone groups is 1. The van der Waals surface area contributed by atoms with Crippen LogP contribution < -0.4 is 0 Å². The quantitative estimate of drug-likeness (QED) is 0.901. The van der Waals surface area contributed by atoms with Crippen LogP contribution in [0.2, 0.25) is 5.02 Å². The number of H-pyrrole nitrogens is 1. The zero-order valence-electron chi connectivity index (χ0n) is 10.0. The largest absolute Gasteiger partial charge is 0.477 e. The fraction of sp³-hybridized carbons (Fsp3) is 0.0909. The molecule has 6 nitrogen and oxygen atoms in total. The molecule has 106 valence electrons. The monoisotopic (exact) mass is 318 g/mol. The Morgan fingerprint density at radius 3 is 2.50 bits per heavy atom. The van der Waals surface area contributed by atoms with Gasteiger partial charge >= 0.3 is 5.97 Å². The van der Waals surface area contributed by atoms with Crippen molar-refractivity contribution in [3.05, 3.63) is 34.7 Å². The number of rotatable bonds is 3. The maximum Gasteiger partial charge on any atom is 0.353 e. The third kappa shape index (κ3) is 2.66. The summed E-state index contributed by atoms with van der Waals surface area (Å²) in [6.45, 7) is 0. The van der Waals surface area contributed by atoms with Gasteiger partial charge in [-0.15, -0.1) is 0 Å². The third-order valence-electron chi connectivity index (χ3n) is 2.47. The smallest absolute Gasteiger partial charge is 0.353 e. The van der Waals surface area contributed by atoms with E-state index in [0.29, 0.717) is 0 Å². The third-order valence-corrected chi connectivity index (χ3v) is 4.04. The maximum absolute atomic E-state index is 13.8. The summed E-state index contributed by atoms with van der Waals surface area (Å²) in [6.07, 6.45) is 0.841. The van der Waals surface area contributed by atoms with Gasteiger partial charge in [0, 0.05) is 11.8 Å². The van der Waals surface area contributed by atoms with E-state index < -0.39 is 26.5 Å². The Labute approximate surface area is 118 Å². The molecule has 0 amide bonds. The molecule has 0 atom stereocenters. The molecule has 0 radical (unpaired) electrons. The number of benzene rings is 1. The lowest BCUT2D eigenvalue weighted by atomic mass is 10.1. The SMILES string of the molecule is CS(=O)(=O)c1c(F)cc(-c2cc(C(=O)O)[nH]n2)cc1Cl. The summed E-state index contributed by atoms with van der Waals surface area (Å²) >= 11 is 5.77. The number of nitrogens with one attached hydrogen (secondary N) is 1. The average Bonchev–Trinajstić information content (AvgIpc) is 2.74. The van der Waals surface area contributed by atoms with Gasteiger partial charge in [-0.05, 0) is 18.2 Å². The van der Waals surface area contributed by atoms with Crippen LogP contribution in [0.4, 0.5) is 4.39 Å². The Kier molecular flexibility index (Phi) is 3.53. The molecule has 0 spiro atoms. The van der Waals surface area contributed by atoms with Crippen LogP contribution >= 0.6 is 11.6 Å². The minimum Gasteiger partial charge on any atom is -0.477 e. The van der Waals surface area contributed by atoms with E-state index in [0.717, 1.165) is 12.3 Å². The molecule has 1 aromatic carbocycles. The molecule has 20 heavy (non-hydrogen) atoms. The van der Waals surface area contributed by atoms with Crippen molar-refractivity contribution in [3.8, 4) is 11.3 Å². The summed E-state index contributed by atoms with van der Waals surface area (Å²) in [6, 6.07) is 3.33. The highest BCUT2D eigenvalue weighted by Gasteiger charge is 2.20. The number of carboxylic acids is 1. The molecule has 2 aromatic rings. The predicted molar refractivity (Wildman–Crippen MR) is 69.1 cm³/mol. The number of nitrogens with zero attached hydrogens (tertiary/aromatic N) is 1. The van der Waals surface area contributed by atoms with Crippen molar-refractivity contribution in [2.45, 2.75) is 4.90 Å². The molecule has 0 aliphatic carbocycles. The van der Waals surface area contributed by atoms with Crippen molar-refractivity contribution in [2.24, 2.45) is 0 Å². The van der Waals surface area contributed by atoms with Crippen LogP contribution in [-0.2, 0) is 9.84 Å². The van der Waals surface area contributed by atoms with Crippen LogP contribution in [0.5, 0.6) is 0 Å². The number of aromatic nitrogens is 2. The number of aromatic amines is 1. The number of halogens is 2. The molecule has 0 saturated carbocycles. The van der Waals surface area contributed by atoms with Crippen LogP contribution in [0, 0.1) is 5.82 Å². The number of hydrogen-bond donors (Lipinski definition) is 2. The lowest BCUT2D eigenvalue weighted by Gasteiger charge is -2.05. The molecule has 0 unspecified atom stereocenters. The Bertz CT molecular complexity index is 777. The molecule has 0 bridgehead atoms. The Morgan fingerprint density at radius 2 is 2.05 bits per heavy atom. The van der Waals surface area contributed by atoms with Gasteiger partial charge < -0.3 is 5.11 Å². The fourth-order valence-corrected chi connectivity index (χ4v) is 3.10. The van der Waals surface area contributed by atoms with Crippen LogP contribution in [0.3, 0.4) is 0 Å². The summed E-state index contributed by atoms with van der Waals surface area (Å²) in [5.41, 5.74) is 0.135. The van der Waals surface area contributed by atoms with Crippen molar-refractivity contribution >= 4 is 27.4 Å². The van der Waals surface area contributed by atoms with Gasteiger partial charge in [-0.1, -0.05) is 11.6 Å². The van der Waals surface area contributed by atoms with Gasteiger partial charge in [0.1, 0.15) is 16.4 Å². The molecule has 9 heteroatoms. The zero-order valence-corrected chi connectivity index (χ0v) is 11.6. The summed E-state index contributed by atoms with van der Waals surface area (Å²) in [5, 5.41) is 14.4. The second-order valence-corrected chi connectivity index (χ2v) is 6.37. The zero-order chi connectivity index (χ0) is 15.1. The van der Waals surface area contributed by atoms with Gasteiger partial charge in [0.05, 0.1) is 10.7 Å². The Morgan fingerprint density at radius 1 is 1.40 bits per heavy atom. The molecule has 0 aliphatic rings. The first-order valence-electron chi connectivity index (χ1n) is 5.18. The highest BCUT2D eigenvalue weighted by Crippen LogP contribution is 2.30. The first-order valence-corrected chi connectivity index (χ1v) is 7.45. The molecule has 0 aliphatic heterocycles. The van der Waals surface area contributed by atoms with Gasteiger partial charge in [-0.3, -0.25) is 5.10 Å². The standard InChI is InChI=1S/C11H8ClFN2O4S/c1-20(18,19)10-6(12)2-5(3-7(10)13)8-4-9(11(16)17)15-14-8/h2-4H,1H3,(H,14,15)(H,16,17). The van der Waals surface area contributed by atoms with E-state index in [1.807, 2.05) is 0 Å². The molecule has 1 aromatic heterocycles. The number of carbonyl (C=O) groups is 1. The summed E-state index contributed by atoms with van der Waals surface area (Å²) in [5.74, 6) is -2.24. The minimum atomic E-state index is -3.80. The van der Waals surface area contributed by atoms with Crippen molar-refractivity contribution in [1.82, 2.24) is 10.2 Å². The van der Waals surface area contributed by atoms with Crippen LogP contribution in [0.1, 0.15) is 10.5 Å². The van der Waals surface area contributed by atoms with Crippen molar-refractivity contribution in [1.29, 1.82) is 0 Å². The summed E-state index contributed by atoms with van der Waals surface area (Å²) in [7, 11) is -3.80. The topological polar surface area (TPSA) is 100 Å². The van der Waals surface area contributed by atoms with Crippen LogP contribution in [0.25, 0.3) is 11.3 Å². The van der Waals surface area contributed by atoms with E-state index in [2.05, 4.69) is 10.2 Å². The normalized spacial score (nSPS) is 11.6. The second kappa shape index (κ2) is 4.88. The van der Waals surface area contributed by atoms with Crippen molar-refractivity contribution in [3.63, 3.8) is 0 Å². The average molecular weight is 319 g/mol. The lowest BCUT2D eigenvalue weighted by Crippen LogP contribution is -2.02. The minimum absolute atomic E-state index is 0.142. The summed E-state index contributed by atoms with van der Waals surface area (Å²) < 4.78 is 36.6.